The van der Waals surface area contributed by atoms with Gasteiger partial charge >= 0.3 is 5.91 Å². The largest absolute Gasteiger partial charge is 0.459 e. The number of benzene rings is 3. The lowest BCUT2D eigenvalue weighted by molar-refractivity contribution is -0.119. The maximum Gasteiger partial charge on any atom is 0.305 e. The number of rotatable bonds is 10. The third kappa shape index (κ3) is 6.70. The van der Waals surface area contributed by atoms with Gasteiger partial charge in [-0.15, -0.1) is 10.2 Å². The Morgan fingerprint density at radius 1 is 0.881 bits per heavy atom. The van der Waals surface area contributed by atoms with Gasteiger partial charge in [-0.05, 0) is 72.6 Å². The molecule has 0 saturated heterocycles. The van der Waals surface area contributed by atoms with Crippen molar-refractivity contribution in [2.45, 2.75) is 23.4 Å². The van der Waals surface area contributed by atoms with Crippen LogP contribution in [0.5, 0.6) is 0 Å². The number of hydrazine groups is 1. The van der Waals surface area contributed by atoms with Gasteiger partial charge in [0.05, 0.1) is 16.9 Å². The van der Waals surface area contributed by atoms with Crippen molar-refractivity contribution < 1.29 is 22.4 Å². The molecule has 0 aliphatic rings. The number of sulfonamides is 1. The van der Waals surface area contributed by atoms with E-state index in [0.717, 1.165) is 29.4 Å². The van der Waals surface area contributed by atoms with Gasteiger partial charge in [0.25, 0.3) is 10.0 Å². The third-order valence-electron chi connectivity index (χ3n) is 6.08. The summed E-state index contributed by atoms with van der Waals surface area (Å²) in [5.74, 6) is -0.502. The molecule has 3 aromatic carbocycles. The summed E-state index contributed by atoms with van der Waals surface area (Å²) in [4.78, 5) is 24.6. The van der Waals surface area contributed by atoms with Crippen LogP contribution >= 0.6 is 11.8 Å². The van der Waals surface area contributed by atoms with Crippen LogP contribution in [-0.4, -0.2) is 40.7 Å². The highest BCUT2D eigenvalue weighted by Crippen LogP contribution is 2.29. The van der Waals surface area contributed by atoms with Crippen molar-refractivity contribution in [3.8, 4) is 17.1 Å². The van der Waals surface area contributed by atoms with E-state index in [1.807, 2.05) is 28.8 Å². The van der Waals surface area contributed by atoms with Crippen molar-refractivity contribution in [1.29, 1.82) is 0 Å². The topological polar surface area (TPSA) is 148 Å². The maximum absolute atomic E-state index is 12.7. The summed E-state index contributed by atoms with van der Waals surface area (Å²) in [5, 5.41) is 9.16. The number of hydrogen-bond donors (Lipinski definition) is 3. The number of anilines is 1. The summed E-state index contributed by atoms with van der Waals surface area (Å²) >= 11 is 1.14. The van der Waals surface area contributed by atoms with Crippen LogP contribution in [0.15, 0.2) is 112 Å². The zero-order valence-electron chi connectivity index (χ0n) is 22.4. The van der Waals surface area contributed by atoms with E-state index in [9.17, 15) is 18.0 Å². The number of furan rings is 1. The summed E-state index contributed by atoms with van der Waals surface area (Å²) in [6, 6.07) is 25.9. The SMILES string of the molecule is CCc1ccc(-n2c(SCC(=O)NNC(=O)c3ccco3)nnc2-c2ccc(NS(=O)(=O)c3ccccc3)cc2)cc1. The summed E-state index contributed by atoms with van der Waals surface area (Å²) in [5.41, 5.74) is 7.69. The van der Waals surface area contributed by atoms with Crippen molar-refractivity contribution in [3.05, 3.63) is 109 Å². The molecule has 13 heteroatoms. The Balaban J connectivity index is 1.35. The molecule has 0 aliphatic heterocycles. The van der Waals surface area contributed by atoms with E-state index in [1.165, 1.54) is 24.5 Å². The molecule has 0 spiro atoms. The highest BCUT2D eigenvalue weighted by Gasteiger charge is 2.19. The Morgan fingerprint density at radius 2 is 1.62 bits per heavy atom. The van der Waals surface area contributed by atoms with Gasteiger partial charge in [-0.25, -0.2) is 8.42 Å². The van der Waals surface area contributed by atoms with Crippen LogP contribution in [0.25, 0.3) is 17.1 Å². The first kappa shape index (κ1) is 28.6. The van der Waals surface area contributed by atoms with Crippen LogP contribution in [0, 0.1) is 0 Å². The zero-order chi connectivity index (χ0) is 29.5. The second-order valence-electron chi connectivity index (χ2n) is 8.93. The minimum atomic E-state index is -3.74. The Labute approximate surface area is 246 Å². The molecule has 0 saturated carbocycles. The predicted octanol–water partition coefficient (Wildman–Crippen LogP) is 4.44. The van der Waals surface area contributed by atoms with Crippen molar-refractivity contribution in [2.24, 2.45) is 0 Å². The first-order valence-corrected chi connectivity index (χ1v) is 15.3. The normalized spacial score (nSPS) is 11.2. The zero-order valence-corrected chi connectivity index (χ0v) is 24.0. The molecule has 11 nitrogen and oxygen atoms in total. The molecule has 0 aliphatic carbocycles. The predicted molar refractivity (Wildman–Crippen MR) is 158 cm³/mol. The van der Waals surface area contributed by atoms with Gasteiger partial charge in [0.2, 0.25) is 5.91 Å². The molecule has 0 radical (unpaired) electrons. The lowest BCUT2D eigenvalue weighted by Gasteiger charge is -2.12. The highest BCUT2D eigenvalue weighted by molar-refractivity contribution is 7.99. The number of amides is 2. The van der Waals surface area contributed by atoms with E-state index < -0.39 is 21.8 Å². The molecule has 42 heavy (non-hydrogen) atoms. The van der Waals surface area contributed by atoms with Gasteiger partial charge in [0.15, 0.2) is 16.7 Å². The van der Waals surface area contributed by atoms with Crippen molar-refractivity contribution >= 4 is 39.3 Å². The van der Waals surface area contributed by atoms with Crippen molar-refractivity contribution in [2.75, 3.05) is 10.5 Å². The number of thioether (sulfide) groups is 1. The Morgan fingerprint density at radius 3 is 2.29 bits per heavy atom. The van der Waals surface area contributed by atoms with Gasteiger partial charge in [0.1, 0.15) is 0 Å². The fourth-order valence-corrected chi connectivity index (χ4v) is 5.76. The lowest BCUT2D eigenvalue weighted by Crippen LogP contribution is -2.42. The van der Waals surface area contributed by atoms with E-state index >= 15 is 0 Å². The molecule has 0 bridgehead atoms. The van der Waals surface area contributed by atoms with E-state index in [-0.39, 0.29) is 16.4 Å². The number of nitrogens with zero attached hydrogens (tertiary/aromatic N) is 3. The first-order chi connectivity index (χ1) is 20.3. The fourth-order valence-electron chi connectivity index (χ4n) is 3.93. The van der Waals surface area contributed by atoms with E-state index in [4.69, 9.17) is 4.42 Å². The molecular weight excluding hydrogens is 576 g/mol. The second-order valence-corrected chi connectivity index (χ2v) is 11.6. The van der Waals surface area contributed by atoms with Crippen LogP contribution in [0.1, 0.15) is 23.0 Å². The summed E-state index contributed by atoms with van der Waals surface area (Å²) in [6.45, 7) is 2.07. The molecule has 0 fully saturated rings. The van der Waals surface area contributed by atoms with Crippen molar-refractivity contribution in [3.63, 3.8) is 0 Å². The molecule has 3 N–H and O–H groups in total. The lowest BCUT2D eigenvalue weighted by atomic mass is 10.1. The minimum Gasteiger partial charge on any atom is -0.459 e. The van der Waals surface area contributed by atoms with Crippen LogP contribution in [0.2, 0.25) is 0 Å². The minimum absolute atomic E-state index is 0.0518. The summed E-state index contributed by atoms with van der Waals surface area (Å²) < 4.78 is 34.9. The van der Waals surface area contributed by atoms with Gasteiger partial charge in [0, 0.05) is 16.9 Å². The number of aryl methyl sites for hydroxylation is 1. The number of aromatic nitrogens is 3. The number of carbonyl (C=O) groups excluding carboxylic acids is 2. The molecule has 2 amide bonds. The third-order valence-corrected chi connectivity index (χ3v) is 8.40. The summed E-state index contributed by atoms with van der Waals surface area (Å²) in [7, 11) is -3.74. The molecule has 5 rings (SSSR count). The average molecular weight is 603 g/mol. The molecule has 2 heterocycles. The molecular formula is C29H26N6O5S2. The van der Waals surface area contributed by atoms with Crippen LogP contribution in [-0.2, 0) is 21.2 Å². The van der Waals surface area contributed by atoms with E-state index in [0.29, 0.717) is 22.2 Å². The van der Waals surface area contributed by atoms with Crippen LogP contribution < -0.4 is 15.6 Å². The van der Waals surface area contributed by atoms with E-state index in [1.54, 1.807) is 48.5 Å². The first-order valence-electron chi connectivity index (χ1n) is 12.8. The van der Waals surface area contributed by atoms with Gasteiger partial charge in [-0.3, -0.25) is 29.7 Å². The van der Waals surface area contributed by atoms with Crippen LogP contribution in [0.3, 0.4) is 0 Å². The molecule has 214 valence electrons. The molecule has 0 unspecified atom stereocenters. The molecule has 0 atom stereocenters. The molecule has 2 aromatic heterocycles. The Hall–Kier alpha value is -4.88. The number of nitrogens with one attached hydrogen (secondary N) is 3. The smallest absolute Gasteiger partial charge is 0.305 e. The Kier molecular flexibility index (Phi) is 8.69. The van der Waals surface area contributed by atoms with Gasteiger partial charge in [-0.2, -0.15) is 0 Å². The standard InChI is InChI=1S/C29H26N6O5S2/c1-2-20-10-16-23(17-11-20)35-27(21-12-14-22(15-13-21)34-42(38,39)24-7-4-3-5-8-24)31-33-29(35)41-19-26(36)30-32-28(37)25-9-6-18-40-25/h3-18,34H,2,19H2,1H3,(H,30,36)(H,32,37). The Bertz CT molecular complexity index is 1770. The van der Waals surface area contributed by atoms with Gasteiger partial charge in [-0.1, -0.05) is 49.0 Å². The van der Waals surface area contributed by atoms with Crippen LogP contribution in [0.4, 0.5) is 5.69 Å². The van der Waals surface area contributed by atoms with Crippen molar-refractivity contribution in [1.82, 2.24) is 25.6 Å². The second kappa shape index (κ2) is 12.7. The van der Waals surface area contributed by atoms with Gasteiger partial charge < -0.3 is 4.42 Å². The average Bonchev–Trinajstić information content (AvgIpc) is 3.71. The monoisotopic (exact) mass is 602 g/mol. The number of hydrogen-bond acceptors (Lipinski definition) is 8. The maximum atomic E-state index is 12.7. The summed E-state index contributed by atoms with van der Waals surface area (Å²) in [6.07, 6.45) is 2.24. The number of carbonyl (C=O) groups is 2. The highest BCUT2D eigenvalue weighted by atomic mass is 32.2. The quantitative estimate of drug-likeness (QED) is 0.157. The van der Waals surface area contributed by atoms with E-state index in [2.05, 4.69) is 32.7 Å². The fraction of sp³-hybridized carbons (Fsp3) is 0.103. The molecule has 5 aromatic rings.